The number of nitrogens with zero attached hydrogens (tertiary/aromatic N) is 2. The Kier molecular flexibility index (Phi) is 5.15. The van der Waals surface area contributed by atoms with Crippen molar-refractivity contribution < 1.29 is 9.90 Å². The van der Waals surface area contributed by atoms with E-state index in [1.54, 1.807) is 11.1 Å². The van der Waals surface area contributed by atoms with Crippen LogP contribution in [0.1, 0.15) is 24.8 Å². The van der Waals surface area contributed by atoms with E-state index in [0.717, 1.165) is 32.2 Å². The van der Waals surface area contributed by atoms with Crippen LogP contribution in [0.25, 0.3) is 0 Å². The molecule has 0 aliphatic carbocycles. The number of β-amino-alcohol motifs (C(OH)–C–C–N with tert-alkyl or cyclic N) is 1. The molecule has 5 nitrogen and oxygen atoms in total. The minimum atomic E-state index is -0.366. The molecule has 0 aromatic carbocycles. The zero-order valence-electron chi connectivity index (χ0n) is 11.1. The third-order valence-electron chi connectivity index (χ3n) is 3.32. The van der Waals surface area contributed by atoms with Crippen molar-refractivity contribution in [2.75, 3.05) is 19.6 Å². The molecule has 1 atom stereocenters. The van der Waals surface area contributed by atoms with E-state index in [1.165, 1.54) is 5.56 Å². The van der Waals surface area contributed by atoms with Gasteiger partial charge in [0.15, 0.2) is 0 Å². The quantitative estimate of drug-likeness (QED) is 0.802. The van der Waals surface area contributed by atoms with Crippen LogP contribution < -0.4 is 5.32 Å². The Morgan fingerprint density at radius 3 is 3.21 bits per heavy atom. The largest absolute Gasteiger partial charge is 0.391 e. The lowest BCUT2D eigenvalue weighted by molar-refractivity contribution is 0.0843. The number of urea groups is 1. The molecule has 1 aromatic rings. The van der Waals surface area contributed by atoms with Crippen LogP contribution in [0.4, 0.5) is 4.79 Å². The van der Waals surface area contributed by atoms with Crippen molar-refractivity contribution in [3.63, 3.8) is 0 Å². The number of hydrogen-bond acceptors (Lipinski definition) is 3. The third kappa shape index (κ3) is 4.52. The predicted molar refractivity (Wildman–Crippen MR) is 72.8 cm³/mol. The summed E-state index contributed by atoms with van der Waals surface area (Å²) < 4.78 is 0. The molecule has 0 bridgehead atoms. The van der Waals surface area contributed by atoms with Gasteiger partial charge in [-0.1, -0.05) is 6.07 Å². The summed E-state index contributed by atoms with van der Waals surface area (Å²) in [6, 6.07) is 3.89. The maximum atomic E-state index is 11.8. The fourth-order valence-electron chi connectivity index (χ4n) is 2.28. The maximum absolute atomic E-state index is 11.8. The van der Waals surface area contributed by atoms with E-state index >= 15 is 0 Å². The first-order valence-corrected chi connectivity index (χ1v) is 6.85. The van der Waals surface area contributed by atoms with E-state index in [4.69, 9.17) is 0 Å². The molecule has 1 aliphatic heterocycles. The smallest absolute Gasteiger partial charge is 0.317 e. The van der Waals surface area contributed by atoms with Gasteiger partial charge >= 0.3 is 6.03 Å². The molecule has 1 aliphatic rings. The number of aromatic nitrogens is 1. The minimum Gasteiger partial charge on any atom is -0.391 e. The molecule has 2 heterocycles. The van der Waals surface area contributed by atoms with Crippen molar-refractivity contribution in [3.05, 3.63) is 30.1 Å². The van der Waals surface area contributed by atoms with Crippen molar-refractivity contribution >= 4 is 6.03 Å². The van der Waals surface area contributed by atoms with Crippen LogP contribution in [-0.4, -0.2) is 46.8 Å². The predicted octanol–water partition coefficient (Wildman–Crippen LogP) is 1.18. The van der Waals surface area contributed by atoms with E-state index in [1.807, 2.05) is 18.3 Å². The Bertz CT molecular complexity index is 397. The molecule has 19 heavy (non-hydrogen) atoms. The van der Waals surface area contributed by atoms with Crippen molar-refractivity contribution in [1.82, 2.24) is 15.2 Å². The molecule has 2 rings (SSSR count). The second-order valence-corrected chi connectivity index (χ2v) is 4.94. The standard InChI is InChI=1S/C14H21N3O2/c18-13-6-3-9-17(11-13)14(19)16-8-2-5-12-4-1-7-15-10-12/h1,4,7,10,13,18H,2-3,5-6,8-9,11H2,(H,16,19). The fraction of sp³-hybridized carbons (Fsp3) is 0.571. The Morgan fingerprint density at radius 2 is 2.47 bits per heavy atom. The van der Waals surface area contributed by atoms with E-state index in [-0.39, 0.29) is 12.1 Å². The van der Waals surface area contributed by atoms with E-state index in [9.17, 15) is 9.90 Å². The molecule has 0 saturated carbocycles. The molecule has 0 radical (unpaired) electrons. The van der Waals surface area contributed by atoms with Gasteiger partial charge < -0.3 is 15.3 Å². The lowest BCUT2D eigenvalue weighted by Crippen LogP contribution is -2.47. The van der Waals surface area contributed by atoms with E-state index in [0.29, 0.717) is 13.1 Å². The second kappa shape index (κ2) is 7.09. The molecule has 0 spiro atoms. The van der Waals surface area contributed by atoms with Crippen LogP contribution in [0.2, 0.25) is 0 Å². The fourth-order valence-corrected chi connectivity index (χ4v) is 2.28. The molecular formula is C14H21N3O2. The van der Waals surface area contributed by atoms with Crippen LogP contribution >= 0.6 is 0 Å². The van der Waals surface area contributed by atoms with Gasteiger partial charge in [-0.15, -0.1) is 0 Å². The molecule has 1 aromatic heterocycles. The number of carbonyl (C=O) groups is 1. The normalized spacial score (nSPS) is 19.2. The average molecular weight is 263 g/mol. The van der Waals surface area contributed by atoms with E-state index in [2.05, 4.69) is 10.3 Å². The van der Waals surface area contributed by atoms with Crippen LogP contribution in [0.15, 0.2) is 24.5 Å². The van der Waals surface area contributed by atoms with Crippen LogP contribution in [0, 0.1) is 0 Å². The van der Waals surface area contributed by atoms with Crippen LogP contribution in [0.3, 0.4) is 0 Å². The average Bonchev–Trinajstić information content (AvgIpc) is 2.44. The van der Waals surface area contributed by atoms with Crippen molar-refractivity contribution in [2.24, 2.45) is 0 Å². The summed E-state index contributed by atoms with van der Waals surface area (Å²) in [4.78, 5) is 17.6. The molecule has 104 valence electrons. The Hall–Kier alpha value is -1.62. The number of aliphatic hydroxyl groups excluding tert-OH is 1. The number of aryl methyl sites for hydroxylation is 1. The van der Waals surface area contributed by atoms with Gasteiger partial charge in [-0.25, -0.2) is 4.79 Å². The summed E-state index contributed by atoms with van der Waals surface area (Å²) in [6.07, 6.45) is 6.73. The highest BCUT2D eigenvalue weighted by Crippen LogP contribution is 2.09. The van der Waals surface area contributed by atoms with Crippen LogP contribution in [0.5, 0.6) is 0 Å². The highest BCUT2D eigenvalue weighted by Gasteiger charge is 2.21. The Morgan fingerprint density at radius 1 is 1.58 bits per heavy atom. The number of likely N-dealkylation sites (tertiary alicyclic amines) is 1. The molecule has 1 fully saturated rings. The first-order valence-electron chi connectivity index (χ1n) is 6.85. The van der Waals surface area contributed by atoms with Crippen molar-refractivity contribution in [2.45, 2.75) is 31.8 Å². The number of aliphatic hydroxyl groups is 1. The van der Waals surface area contributed by atoms with Gasteiger partial charge in [0.1, 0.15) is 0 Å². The molecular weight excluding hydrogens is 242 g/mol. The number of rotatable bonds is 4. The minimum absolute atomic E-state index is 0.0649. The lowest BCUT2D eigenvalue weighted by Gasteiger charge is -2.30. The van der Waals surface area contributed by atoms with Gasteiger partial charge in [0.05, 0.1) is 6.10 Å². The molecule has 1 unspecified atom stereocenters. The Labute approximate surface area is 113 Å². The van der Waals surface area contributed by atoms with Gasteiger partial charge in [0, 0.05) is 32.0 Å². The summed E-state index contributed by atoms with van der Waals surface area (Å²) in [5, 5.41) is 12.4. The van der Waals surface area contributed by atoms with Crippen LogP contribution in [-0.2, 0) is 6.42 Å². The van der Waals surface area contributed by atoms with Gasteiger partial charge in [-0.05, 0) is 37.3 Å². The summed E-state index contributed by atoms with van der Waals surface area (Å²) in [5.41, 5.74) is 1.19. The number of piperidine rings is 1. The zero-order valence-corrected chi connectivity index (χ0v) is 11.1. The number of carbonyl (C=O) groups excluding carboxylic acids is 1. The number of amides is 2. The summed E-state index contributed by atoms with van der Waals surface area (Å²) in [7, 11) is 0. The van der Waals surface area contributed by atoms with Gasteiger partial charge in [0.2, 0.25) is 0 Å². The van der Waals surface area contributed by atoms with Crippen molar-refractivity contribution in [3.8, 4) is 0 Å². The number of pyridine rings is 1. The molecule has 2 amide bonds. The van der Waals surface area contributed by atoms with E-state index < -0.39 is 0 Å². The number of hydrogen-bond donors (Lipinski definition) is 2. The summed E-state index contributed by atoms with van der Waals surface area (Å²) >= 11 is 0. The van der Waals surface area contributed by atoms with Gasteiger partial charge in [0.25, 0.3) is 0 Å². The highest BCUT2D eigenvalue weighted by atomic mass is 16.3. The first kappa shape index (κ1) is 13.8. The SMILES string of the molecule is O=C(NCCCc1cccnc1)N1CCCC(O)C1. The van der Waals surface area contributed by atoms with Crippen molar-refractivity contribution in [1.29, 1.82) is 0 Å². The zero-order chi connectivity index (χ0) is 13.5. The topological polar surface area (TPSA) is 65.5 Å². The molecule has 1 saturated heterocycles. The maximum Gasteiger partial charge on any atom is 0.317 e. The monoisotopic (exact) mass is 263 g/mol. The molecule has 5 heteroatoms. The molecule has 2 N–H and O–H groups in total. The number of nitrogens with one attached hydrogen (secondary N) is 1. The first-order chi connectivity index (χ1) is 9.25. The van der Waals surface area contributed by atoms with Gasteiger partial charge in [-0.2, -0.15) is 0 Å². The van der Waals surface area contributed by atoms with Gasteiger partial charge in [-0.3, -0.25) is 4.98 Å². The summed E-state index contributed by atoms with van der Waals surface area (Å²) in [5.74, 6) is 0. The lowest BCUT2D eigenvalue weighted by atomic mass is 10.1. The summed E-state index contributed by atoms with van der Waals surface area (Å²) in [6.45, 7) is 1.85. The highest BCUT2D eigenvalue weighted by molar-refractivity contribution is 5.74. The third-order valence-corrected chi connectivity index (χ3v) is 3.32. The second-order valence-electron chi connectivity index (χ2n) is 4.94. The Balaban J connectivity index is 1.64.